The lowest BCUT2D eigenvalue weighted by molar-refractivity contribution is -0.119. The van der Waals surface area contributed by atoms with Crippen LogP contribution in [0.15, 0.2) is 6.33 Å². The minimum atomic E-state index is 0.0262. The molecule has 1 aromatic heterocycles. The first-order valence-corrected chi connectivity index (χ1v) is 6.96. The lowest BCUT2D eigenvalue weighted by Crippen LogP contribution is -2.37. The predicted octanol–water partition coefficient (Wildman–Crippen LogP) is 0.430. The lowest BCUT2D eigenvalue weighted by atomic mass is 10.1. The van der Waals surface area contributed by atoms with Crippen LogP contribution in [0.25, 0.3) is 0 Å². The van der Waals surface area contributed by atoms with Crippen molar-refractivity contribution in [3.8, 4) is 0 Å². The normalized spacial score (nSPS) is 13.9. The van der Waals surface area contributed by atoms with Gasteiger partial charge in [-0.15, -0.1) is 0 Å². The second-order valence-corrected chi connectivity index (χ2v) is 5.12. The Labute approximate surface area is 118 Å². The van der Waals surface area contributed by atoms with Gasteiger partial charge in [0.25, 0.3) is 0 Å². The molecule has 1 saturated carbocycles. The third-order valence-electron chi connectivity index (χ3n) is 3.24. The Balaban J connectivity index is 2.10. The third-order valence-corrected chi connectivity index (χ3v) is 3.24. The molecule has 0 unspecified atom stereocenters. The van der Waals surface area contributed by atoms with E-state index in [2.05, 4.69) is 27.6 Å². The van der Waals surface area contributed by atoms with Crippen LogP contribution in [0.3, 0.4) is 0 Å². The molecule has 0 atom stereocenters. The number of nitrogen functional groups attached to an aromatic ring is 1. The Kier molecular flexibility index (Phi) is 4.73. The highest BCUT2D eigenvalue weighted by atomic mass is 16.2. The average molecular weight is 278 g/mol. The highest BCUT2D eigenvalue weighted by Gasteiger charge is 2.24. The molecule has 110 valence electrons. The molecular formula is C13H22N6O. The van der Waals surface area contributed by atoms with E-state index in [0.717, 1.165) is 37.1 Å². The van der Waals surface area contributed by atoms with Crippen molar-refractivity contribution in [2.75, 3.05) is 23.9 Å². The number of aromatic nitrogens is 2. The Bertz CT molecular complexity index is 474. The largest absolute Gasteiger partial charge is 0.352 e. The first-order chi connectivity index (χ1) is 9.65. The summed E-state index contributed by atoms with van der Waals surface area (Å²) in [6.45, 7) is 2.37. The zero-order valence-corrected chi connectivity index (χ0v) is 12.0. The van der Waals surface area contributed by atoms with Gasteiger partial charge in [-0.05, 0) is 19.3 Å². The summed E-state index contributed by atoms with van der Waals surface area (Å²) in [5.74, 6) is 6.88. The van der Waals surface area contributed by atoms with Crippen molar-refractivity contribution in [2.45, 2.75) is 38.6 Å². The number of nitrogens with one attached hydrogen (secondary N) is 2. The van der Waals surface area contributed by atoms with Crippen molar-refractivity contribution in [3.05, 3.63) is 11.9 Å². The Morgan fingerprint density at radius 1 is 1.50 bits per heavy atom. The van der Waals surface area contributed by atoms with Gasteiger partial charge in [0.2, 0.25) is 5.91 Å². The second kappa shape index (κ2) is 6.51. The van der Waals surface area contributed by atoms with Crippen LogP contribution in [-0.2, 0) is 11.2 Å². The van der Waals surface area contributed by atoms with E-state index < -0.39 is 0 Å². The maximum atomic E-state index is 11.9. The topological polar surface area (TPSA) is 96.2 Å². The van der Waals surface area contributed by atoms with E-state index in [4.69, 9.17) is 5.84 Å². The monoisotopic (exact) mass is 278 g/mol. The van der Waals surface area contributed by atoms with Crippen LogP contribution in [0.1, 0.15) is 31.7 Å². The van der Waals surface area contributed by atoms with Crippen LogP contribution >= 0.6 is 0 Å². The van der Waals surface area contributed by atoms with Gasteiger partial charge in [-0.3, -0.25) is 4.79 Å². The van der Waals surface area contributed by atoms with Crippen molar-refractivity contribution in [1.82, 2.24) is 15.3 Å². The van der Waals surface area contributed by atoms with Crippen LogP contribution in [0.4, 0.5) is 11.6 Å². The zero-order chi connectivity index (χ0) is 14.5. The molecule has 0 aromatic carbocycles. The van der Waals surface area contributed by atoms with Gasteiger partial charge < -0.3 is 15.6 Å². The van der Waals surface area contributed by atoms with Gasteiger partial charge in [0, 0.05) is 18.7 Å². The molecule has 0 radical (unpaired) electrons. The third kappa shape index (κ3) is 3.57. The molecular weight excluding hydrogens is 256 g/mol. The van der Waals surface area contributed by atoms with E-state index in [1.54, 1.807) is 0 Å². The molecule has 1 amide bonds. The molecule has 0 aliphatic heterocycles. The molecule has 2 rings (SSSR count). The number of carbonyl (C=O) groups excluding carboxylic acids is 1. The van der Waals surface area contributed by atoms with Crippen LogP contribution in [0.5, 0.6) is 0 Å². The fourth-order valence-electron chi connectivity index (χ4n) is 2.13. The molecule has 1 fully saturated rings. The van der Waals surface area contributed by atoms with Gasteiger partial charge in [0.1, 0.15) is 18.0 Å². The van der Waals surface area contributed by atoms with Gasteiger partial charge >= 0.3 is 0 Å². The summed E-state index contributed by atoms with van der Waals surface area (Å²) in [7, 11) is 1.86. The average Bonchev–Trinajstić information content (AvgIpc) is 3.22. The zero-order valence-electron chi connectivity index (χ0n) is 12.0. The van der Waals surface area contributed by atoms with E-state index in [1.165, 1.54) is 6.33 Å². The van der Waals surface area contributed by atoms with Gasteiger partial charge in [-0.1, -0.05) is 13.3 Å². The number of nitrogens with two attached hydrogens (primary N) is 1. The summed E-state index contributed by atoms with van der Waals surface area (Å²) in [6.07, 6.45) is 5.40. The predicted molar refractivity (Wildman–Crippen MR) is 78.3 cm³/mol. The molecule has 4 N–H and O–H groups in total. The van der Waals surface area contributed by atoms with Crippen molar-refractivity contribution in [2.24, 2.45) is 5.84 Å². The van der Waals surface area contributed by atoms with E-state index in [1.807, 2.05) is 11.9 Å². The van der Waals surface area contributed by atoms with E-state index in [-0.39, 0.29) is 12.5 Å². The van der Waals surface area contributed by atoms with E-state index in [0.29, 0.717) is 11.9 Å². The summed E-state index contributed by atoms with van der Waals surface area (Å²) in [4.78, 5) is 22.1. The number of amides is 1. The minimum absolute atomic E-state index is 0.0262. The van der Waals surface area contributed by atoms with Crippen LogP contribution in [0, 0.1) is 0 Å². The number of carbonyl (C=O) groups is 1. The standard InChI is InChI=1S/C13H22N6O/c1-3-4-10-12(18-14)15-8-16-13(10)19(2)7-11(20)17-9-5-6-9/h8-9H,3-7,14H2,1-2H3,(H,17,20)(H,15,16,18). The highest BCUT2D eigenvalue weighted by molar-refractivity contribution is 5.82. The Morgan fingerprint density at radius 3 is 2.85 bits per heavy atom. The maximum absolute atomic E-state index is 11.9. The van der Waals surface area contributed by atoms with Crippen LogP contribution in [-0.4, -0.2) is 35.5 Å². The van der Waals surface area contributed by atoms with Crippen LogP contribution < -0.4 is 21.5 Å². The Morgan fingerprint density at radius 2 is 2.25 bits per heavy atom. The summed E-state index contributed by atoms with van der Waals surface area (Å²) < 4.78 is 0. The first-order valence-electron chi connectivity index (χ1n) is 6.96. The molecule has 20 heavy (non-hydrogen) atoms. The number of hydrogen-bond acceptors (Lipinski definition) is 6. The number of hydrogen-bond donors (Lipinski definition) is 3. The van der Waals surface area contributed by atoms with E-state index in [9.17, 15) is 4.79 Å². The van der Waals surface area contributed by atoms with Crippen molar-refractivity contribution in [1.29, 1.82) is 0 Å². The minimum Gasteiger partial charge on any atom is -0.352 e. The molecule has 1 aliphatic rings. The quantitative estimate of drug-likeness (QED) is 0.494. The fourth-order valence-corrected chi connectivity index (χ4v) is 2.13. The molecule has 1 heterocycles. The van der Waals surface area contributed by atoms with Gasteiger partial charge in [-0.2, -0.15) is 0 Å². The molecule has 7 heteroatoms. The molecule has 0 bridgehead atoms. The SMILES string of the molecule is CCCc1c(NN)ncnc1N(C)CC(=O)NC1CC1. The van der Waals surface area contributed by atoms with E-state index >= 15 is 0 Å². The second-order valence-electron chi connectivity index (χ2n) is 5.12. The molecule has 7 nitrogen and oxygen atoms in total. The highest BCUT2D eigenvalue weighted by Crippen LogP contribution is 2.23. The molecule has 1 aliphatic carbocycles. The fraction of sp³-hybridized carbons (Fsp3) is 0.615. The van der Waals surface area contributed by atoms with Gasteiger partial charge in [-0.25, -0.2) is 15.8 Å². The van der Waals surface area contributed by atoms with Crippen molar-refractivity contribution < 1.29 is 4.79 Å². The molecule has 0 spiro atoms. The van der Waals surface area contributed by atoms with Crippen LogP contribution in [0.2, 0.25) is 0 Å². The number of hydrazine groups is 1. The summed E-state index contributed by atoms with van der Waals surface area (Å²) >= 11 is 0. The number of likely N-dealkylation sites (N-methyl/N-ethyl adjacent to an activating group) is 1. The summed E-state index contributed by atoms with van der Waals surface area (Å²) in [5.41, 5.74) is 3.54. The van der Waals surface area contributed by atoms with Crippen molar-refractivity contribution in [3.63, 3.8) is 0 Å². The number of rotatable bonds is 7. The Hall–Kier alpha value is -1.89. The van der Waals surface area contributed by atoms with Gasteiger partial charge in [0.05, 0.1) is 6.54 Å². The maximum Gasteiger partial charge on any atom is 0.239 e. The molecule has 1 aromatic rings. The molecule has 0 saturated heterocycles. The summed E-state index contributed by atoms with van der Waals surface area (Å²) in [5, 5.41) is 2.97. The smallest absolute Gasteiger partial charge is 0.239 e. The number of nitrogens with zero attached hydrogens (tertiary/aromatic N) is 3. The lowest BCUT2D eigenvalue weighted by Gasteiger charge is -2.21. The number of anilines is 2. The first kappa shape index (κ1) is 14.5. The summed E-state index contributed by atoms with van der Waals surface area (Å²) in [6, 6.07) is 0.373. The van der Waals surface area contributed by atoms with Crippen molar-refractivity contribution >= 4 is 17.5 Å². The van der Waals surface area contributed by atoms with Gasteiger partial charge in [0.15, 0.2) is 0 Å².